The molecule has 4 rings (SSSR count). The van der Waals surface area contributed by atoms with E-state index >= 15 is 0 Å². The first-order chi connectivity index (χ1) is 14.1. The molecule has 1 heterocycles. The molecule has 1 aromatic heterocycles. The Hall–Kier alpha value is -4.06. The van der Waals surface area contributed by atoms with Crippen molar-refractivity contribution >= 4 is 22.6 Å². The first kappa shape index (κ1) is 18.3. The van der Waals surface area contributed by atoms with E-state index in [1.165, 1.54) is 12.1 Å². The van der Waals surface area contributed by atoms with Crippen molar-refractivity contribution in [2.45, 2.75) is 6.61 Å². The minimum atomic E-state index is -0.507. The molecule has 0 fully saturated rings. The van der Waals surface area contributed by atoms with E-state index in [2.05, 4.69) is 4.98 Å². The molecule has 0 unspecified atom stereocenters. The van der Waals surface area contributed by atoms with Crippen LogP contribution in [0.25, 0.3) is 22.2 Å². The molecular formula is C23H16N2O4. The van der Waals surface area contributed by atoms with Crippen LogP contribution in [0.15, 0.2) is 84.9 Å². The molecule has 0 spiro atoms. The van der Waals surface area contributed by atoms with Crippen LogP contribution in [0.3, 0.4) is 0 Å². The summed E-state index contributed by atoms with van der Waals surface area (Å²) >= 11 is 0. The number of nitro benzene ring substituents is 1. The van der Waals surface area contributed by atoms with Crippen LogP contribution < -0.4 is 0 Å². The maximum atomic E-state index is 12.9. The van der Waals surface area contributed by atoms with E-state index < -0.39 is 10.9 Å². The minimum absolute atomic E-state index is 0.0423. The lowest BCUT2D eigenvalue weighted by Crippen LogP contribution is -2.07. The molecule has 0 amide bonds. The summed E-state index contributed by atoms with van der Waals surface area (Å²) in [6.07, 6.45) is 0. The van der Waals surface area contributed by atoms with Gasteiger partial charge in [0.15, 0.2) is 0 Å². The fourth-order valence-corrected chi connectivity index (χ4v) is 3.09. The van der Waals surface area contributed by atoms with Gasteiger partial charge in [-0.2, -0.15) is 0 Å². The number of aromatic nitrogens is 1. The van der Waals surface area contributed by atoms with Gasteiger partial charge in [0.05, 0.1) is 21.7 Å². The fraction of sp³-hybridized carbons (Fsp3) is 0.0435. The van der Waals surface area contributed by atoms with Gasteiger partial charge in [-0.1, -0.05) is 60.7 Å². The zero-order valence-corrected chi connectivity index (χ0v) is 15.3. The summed E-state index contributed by atoms with van der Waals surface area (Å²) < 4.78 is 5.46. The van der Waals surface area contributed by atoms with E-state index in [0.29, 0.717) is 27.7 Å². The number of ether oxygens (including phenoxy) is 1. The highest BCUT2D eigenvalue weighted by Crippen LogP contribution is 2.25. The van der Waals surface area contributed by atoms with E-state index in [1.807, 2.05) is 54.6 Å². The number of hydrogen-bond acceptors (Lipinski definition) is 5. The second-order valence-electron chi connectivity index (χ2n) is 6.44. The van der Waals surface area contributed by atoms with Gasteiger partial charge in [0.2, 0.25) is 0 Å². The number of rotatable bonds is 5. The number of pyridine rings is 1. The number of esters is 1. The van der Waals surface area contributed by atoms with Crippen molar-refractivity contribution in [2.24, 2.45) is 0 Å². The van der Waals surface area contributed by atoms with E-state index in [0.717, 1.165) is 5.56 Å². The van der Waals surface area contributed by atoms with Crippen LogP contribution >= 0.6 is 0 Å². The Morgan fingerprint density at radius 3 is 2.48 bits per heavy atom. The molecule has 4 aromatic rings. The Balaban J connectivity index is 1.66. The van der Waals surface area contributed by atoms with Gasteiger partial charge in [0.25, 0.3) is 5.69 Å². The predicted molar refractivity (Wildman–Crippen MR) is 109 cm³/mol. The molecular weight excluding hydrogens is 368 g/mol. The zero-order chi connectivity index (χ0) is 20.2. The topological polar surface area (TPSA) is 82.3 Å². The van der Waals surface area contributed by atoms with Crippen LogP contribution in [0.5, 0.6) is 0 Å². The van der Waals surface area contributed by atoms with Crippen LogP contribution in [0.1, 0.15) is 15.9 Å². The number of benzene rings is 3. The van der Waals surface area contributed by atoms with Crippen molar-refractivity contribution < 1.29 is 14.5 Å². The van der Waals surface area contributed by atoms with E-state index in [4.69, 9.17) is 4.74 Å². The molecule has 29 heavy (non-hydrogen) atoms. The summed E-state index contributed by atoms with van der Waals surface area (Å²) in [5.41, 5.74) is 3.17. The Morgan fingerprint density at radius 2 is 1.69 bits per heavy atom. The van der Waals surface area contributed by atoms with Crippen LogP contribution in [-0.2, 0) is 11.3 Å². The van der Waals surface area contributed by atoms with Gasteiger partial charge in [-0.15, -0.1) is 0 Å². The summed E-state index contributed by atoms with van der Waals surface area (Å²) in [6.45, 7) is -0.0577. The number of nitrogens with zero attached hydrogens (tertiary/aromatic N) is 2. The first-order valence-electron chi connectivity index (χ1n) is 8.97. The second-order valence-corrected chi connectivity index (χ2v) is 6.44. The Kier molecular flexibility index (Phi) is 4.99. The monoisotopic (exact) mass is 384 g/mol. The highest BCUT2D eigenvalue weighted by atomic mass is 16.6. The Morgan fingerprint density at radius 1 is 0.931 bits per heavy atom. The number of non-ortho nitro benzene ring substituents is 1. The van der Waals surface area contributed by atoms with Crippen molar-refractivity contribution in [1.29, 1.82) is 0 Å². The molecule has 0 radical (unpaired) electrons. The number of para-hydroxylation sites is 1. The maximum Gasteiger partial charge on any atom is 0.339 e. The lowest BCUT2D eigenvalue weighted by Gasteiger charge is -2.10. The number of nitro groups is 1. The lowest BCUT2D eigenvalue weighted by molar-refractivity contribution is -0.384. The molecule has 0 saturated carbocycles. The van der Waals surface area contributed by atoms with Crippen LogP contribution in [0, 0.1) is 10.1 Å². The highest BCUT2D eigenvalue weighted by molar-refractivity contribution is 6.04. The predicted octanol–water partition coefficient (Wildman–Crippen LogP) is 5.17. The summed E-state index contributed by atoms with van der Waals surface area (Å²) in [5.74, 6) is -0.507. The van der Waals surface area contributed by atoms with Gasteiger partial charge >= 0.3 is 5.97 Å². The average Bonchev–Trinajstić information content (AvgIpc) is 2.77. The molecule has 0 saturated heterocycles. The van der Waals surface area contributed by atoms with Crippen molar-refractivity contribution in [2.75, 3.05) is 0 Å². The van der Waals surface area contributed by atoms with E-state index in [-0.39, 0.29) is 12.3 Å². The number of carbonyl (C=O) groups is 1. The van der Waals surface area contributed by atoms with Crippen molar-refractivity contribution in [1.82, 2.24) is 4.98 Å². The SMILES string of the molecule is O=C(OCc1cccc([N+](=O)[O-])c1)c1cc(-c2ccccc2)nc2ccccc12. The third-order valence-electron chi connectivity index (χ3n) is 4.50. The number of carbonyl (C=O) groups excluding carboxylic acids is 1. The fourth-order valence-electron chi connectivity index (χ4n) is 3.09. The van der Waals surface area contributed by atoms with Gasteiger partial charge in [0.1, 0.15) is 6.61 Å². The normalized spacial score (nSPS) is 10.6. The molecule has 142 valence electrons. The van der Waals surface area contributed by atoms with Crippen molar-refractivity contribution in [3.8, 4) is 11.3 Å². The summed E-state index contributed by atoms with van der Waals surface area (Å²) in [6, 6.07) is 24.7. The summed E-state index contributed by atoms with van der Waals surface area (Å²) in [7, 11) is 0. The molecule has 0 atom stereocenters. The smallest absolute Gasteiger partial charge is 0.339 e. The standard InChI is InChI=1S/C23H16N2O4/c26-23(29-15-16-7-6-10-18(13-16)25(27)28)20-14-22(17-8-2-1-3-9-17)24-21-12-5-4-11-19(20)21/h1-14H,15H2. The molecule has 0 aliphatic heterocycles. The van der Waals surface area contributed by atoms with Crippen LogP contribution in [-0.4, -0.2) is 15.9 Å². The van der Waals surface area contributed by atoms with E-state index in [9.17, 15) is 14.9 Å². The van der Waals surface area contributed by atoms with Gasteiger partial charge < -0.3 is 4.74 Å². The first-order valence-corrected chi connectivity index (χ1v) is 8.97. The zero-order valence-electron chi connectivity index (χ0n) is 15.3. The van der Waals surface area contributed by atoms with Crippen molar-refractivity contribution in [3.05, 3.63) is 106 Å². The average molecular weight is 384 g/mol. The summed E-state index contributed by atoms with van der Waals surface area (Å²) in [4.78, 5) is 27.9. The number of hydrogen-bond donors (Lipinski definition) is 0. The highest BCUT2D eigenvalue weighted by Gasteiger charge is 2.16. The molecule has 3 aromatic carbocycles. The molecule has 0 bridgehead atoms. The molecule has 0 N–H and O–H groups in total. The minimum Gasteiger partial charge on any atom is -0.457 e. The Labute approximate surface area is 166 Å². The van der Waals surface area contributed by atoms with Gasteiger partial charge in [-0.05, 0) is 17.7 Å². The van der Waals surface area contributed by atoms with Gasteiger partial charge in [-0.25, -0.2) is 9.78 Å². The van der Waals surface area contributed by atoms with Crippen LogP contribution in [0.4, 0.5) is 5.69 Å². The van der Waals surface area contributed by atoms with Gasteiger partial charge in [0, 0.05) is 23.1 Å². The van der Waals surface area contributed by atoms with Crippen molar-refractivity contribution in [3.63, 3.8) is 0 Å². The third-order valence-corrected chi connectivity index (χ3v) is 4.50. The molecule has 0 aliphatic carbocycles. The lowest BCUT2D eigenvalue weighted by atomic mass is 10.0. The second kappa shape index (κ2) is 7.90. The van der Waals surface area contributed by atoms with E-state index in [1.54, 1.807) is 18.2 Å². The molecule has 6 heteroatoms. The molecule has 6 nitrogen and oxygen atoms in total. The van der Waals surface area contributed by atoms with Crippen LogP contribution in [0.2, 0.25) is 0 Å². The summed E-state index contributed by atoms with van der Waals surface area (Å²) in [5, 5.41) is 11.6. The molecule has 0 aliphatic rings. The Bertz CT molecular complexity index is 1210. The van der Waals surface area contributed by atoms with Gasteiger partial charge in [-0.3, -0.25) is 10.1 Å². The maximum absolute atomic E-state index is 12.9. The third kappa shape index (κ3) is 3.96. The number of fused-ring (bicyclic) bond motifs is 1. The largest absolute Gasteiger partial charge is 0.457 e. The quantitative estimate of drug-likeness (QED) is 0.269.